The minimum absolute atomic E-state index is 0.270. The summed E-state index contributed by atoms with van der Waals surface area (Å²) in [5.41, 5.74) is -2.40. The Morgan fingerprint density at radius 3 is 2.41 bits per heavy atom. The average Bonchev–Trinajstić information content (AvgIpc) is 2.89. The molecule has 1 aliphatic heterocycles. The number of carbonyl (C=O) groups excluding carboxylic acids is 2. The Morgan fingerprint density at radius 1 is 1.17 bits per heavy atom. The quantitative estimate of drug-likeness (QED) is 0.789. The molecule has 1 aliphatic rings. The van der Waals surface area contributed by atoms with E-state index in [-0.39, 0.29) is 5.69 Å². The molecule has 3 rings (SSSR count). The van der Waals surface area contributed by atoms with Crippen molar-refractivity contribution in [3.8, 4) is 11.8 Å². The van der Waals surface area contributed by atoms with E-state index >= 15 is 0 Å². The van der Waals surface area contributed by atoms with E-state index in [0.717, 1.165) is 12.1 Å². The van der Waals surface area contributed by atoms with Gasteiger partial charge in [-0.3, -0.25) is 4.79 Å². The topological polar surface area (TPSA) is 82.4 Å². The van der Waals surface area contributed by atoms with Gasteiger partial charge in [0.05, 0.1) is 30.0 Å². The van der Waals surface area contributed by atoms with E-state index in [9.17, 15) is 22.8 Å². The zero-order valence-corrected chi connectivity index (χ0v) is 15.7. The summed E-state index contributed by atoms with van der Waals surface area (Å²) in [5, 5.41) is 11.5. The van der Waals surface area contributed by atoms with E-state index in [2.05, 4.69) is 5.32 Å². The number of alkyl halides is 3. The average molecular weight is 403 g/mol. The lowest BCUT2D eigenvalue weighted by molar-refractivity contribution is -0.137. The van der Waals surface area contributed by atoms with Gasteiger partial charge >= 0.3 is 12.2 Å². The number of aryl methyl sites for hydroxylation is 1. The van der Waals surface area contributed by atoms with Gasteiger partial charge in [0, 0.05) is 0 Å². The number of hydrogen-bond acceptors (Lipinski definition) is 4. The number of nitrogens with one attached hydrogen (secondary N) is 1. The number of hydrogen-bond donors (Lipinski definition) is 1. The van der Waals surface area contributed by atoms with Gasteiger partial charge in [-0.25, -0.2) is 9.69 Å². The van der Waals surface area contributed by atoms with Gasteiger partial charge in [-0.05, 0) is 55.3 Å². The molecule has 0 bridgehead atoms. The monoisotopic (exact) mass is 403 g/mol. The summed E-state index contributed by atoms with van der Waals surface area (Å²) in [7, 11) is 1.49. The summed E-state index contributed by atoms with van der Waals surface area (Å²) < 4.78 is 44.9. The number of nitrogens with zero attached hydrogens (tertiary/aromatic N) is 2. The van der Waals surface area contributed by atoms with Crippen LogP contribution in [0.3, 0.4) is 0 Å². The van der Waals surface area contributed by atoms with E-state index in [1.165, 1.54) is 20.1 Å². The van der Waals surface area contributed by atoms with Crippen LogP contribution in [0.4, 0.5) is 23.7 Å². The Labute approximate surface area is 164 Å². The van der Waals surface area contributed by atoms with Gasteiger partial charge in [0.15, 0.2) is 0 Å². The standard InChI is InChI=1S/C20H16F3N3O3/c1-11-8-14(29-3)6-7-15(11)19(2)17(27)26(18(28)25-19)13-5-4-12(10-24)16(9-13)20(21,22)23/h4-9H,1-3H3,(H,25,28). The predicted molar refractivity (Wildman–Crippen MR) is 97.3 cm³/mol. The number of rotatable bonds is 3. The Morgan fingerprint density at radius 2 is 1.86 bits per heavy atom. The summed E-state index contributed by atoms with van der Waals surface area (Å²) in [4.78, 5) is 26.3. The van der Waals surface area contributed by atoms with Crippen LogP contribution in [-0.2, 0) is 16.5 Å². The number of anilines is 1. The lowest BCUT2D eigenvalue weighted by Crippen LogP contribution is -2.41. The van der Waals surface area contributed by atoms with Crippen LogP contribution >= 0.6 is 0 Å². The number of amides is 3. The predicted octanol–water partition coefficient (Wildman–Crippen LogP) is 3.87. The zero-order chi connectivity index (χ0) is 21.6. The molecule has 3 amide bonds. The third kappa shape index (κ3) is 3.27. The fourth-order valence-corrected chi connectivity index (χ4v) is 3.38. The summed E-state index contributed by atoms with van der Waals surface area (Å²) >= 11 is 0. The third-order valence-corrected chi connectivity index (χ3v) is 4.85. The van der Waals surface area contributed by atoms with Crippen molar-refractivity contribution >= 4 is 17.6 Å². The van der Waals surface area contributed by atoms with Crippen molar-refractivity contribution < 1.29 is 27.5 Å². The highest BCUT2D eigenvalue weighted by atomic mass is 19.4. The number of nitriles is 1. The normalized spacial score (nSPS) is 19.1. The molecule has 1 atom stereocenters. The number of methoxy groups -OCH3 is 1. The fourth-order valence-electron chi connectivity index (χ4n) is 3.38. The number of halogens is 3. The largest absolute Gasteiger partial charge is 0.497 e. The highest BCUT2D eigenvalue weighted by molar-refractivity contribution is 6.23. The maximum Gasteiger partial charge on any atom is 0.417 e. The Balaban J connectivity index is 2.07. The highest BCUT2D eigenvalue weighted by Gasteiger charge is 2.50. The molecule has 1 heterocycles. The molecule has 0 aliphatic carbocycles. The second-order valence-electron chi connectivity index (χ2n) is 6.72. The zero-order valence-electron chi connectivity index (χ0n) is 15.7. The number of ether oxygens (including phenoxy) is 1. The van der Waals surface area contributed by atoms with Gasteiger partial charge in [0.1, 0.15) is 11.3 Å². The SMILES string of the molecule is COc1ccc(C2(C)NC(=O)N(c3ccc(C#N)c(C(F)(F)F)c3)C2=O)c(C)c1. The van der Waals surface area contributed by atoms with Crippen LogP contribution in [0.15, 0.2) is 36.4 Å². The van der Waals surface area contributed by atoms with E-state index in [4.69, 9.17) is 10.00 Å². The number of urea groups is 1. The van der Waals surface area contributed by atoms with Crippen LogP contribution in [0.5, 0.6) is 5.75 Å². The Bertz CT molecular complexity index is 1060. The molecule has 0 radical (unpaired) electrons. The van der Waals surface area contributed by atoms with Gasteiger partial charge in [0.25, 0.3) is 5.91 Å². The molecule has 29 heavy (non-hydrogen) atoms. The third-order valence-electron chi connectivity index (χ3n) is 4.85. The van der Waals surface area contributed by atoms with Crippen molar-refractivity contribution in [2.45, 2.75) is 25.6 Å². The number of imide groups is 1. The Hall–Kier alpha value is -3.54. The van der Waals surface area contributed by atoms with Crippen LogP contribution in [0.2, 0.25) is 0 Å². The maximum absolute atomic E-state index is 13.3. The van der Waals surface area contributed by atoms with Gasteiger partial charge < -0.3 is 10.1 Å². The molecule has 2 aromatic rings. The van der Waals surface area contributed by atoms with Gasteiger partial charge in [0.2, 0.25) is 0 Å². The van der Waals surface area contributed by atoms with Crippen LogP contribution in [0.25, 0.3) is 0 Å². The molecular weight excluding hydrogens is 387 g/mol. The molecule has 9 heteroatoms. The van der Waals surface area contributed by atoms with Gasteiger partial charge in [-0.15, -0.1) is 0 Å². The minimum atomic E-state index is -4.81. The van der Waals surface area contributed by atoms with Crippen molar-refractivity contribution in [3.05, 3.63) is 58.7 Å². The van der Waals surface area contributed by atoms with Crippen molar-refractivity contribution in [2.75, 3.05) is 12.0 Å². The first-order valence-corrected chi connectivity index (χ1v) is 8.46. The van der Waals surface area contributed by atoms with Crippen LogP contribution in [0, 0.1) is 18.3 Å². The van der Waals surface area contributed by atoms with Gasteiger partial charge in [-0.1, -0.05) is 6.07 Å². The second-order valence-corrected chi connectivity index (χ2v) is 6.72. The van der Waals surface area contributed by atoms with Crippen molar-refractivity contribution in [1.29, 1.82) is 5.26 Å². The lowest BCUT2D eigenvalue weighted by atomic mass is 9.88. The van der Waals surface area contributed by atoms with Gasteiger partial charge in [-0.2, -0.15) is 18.4 Å². The highest BCUT2D eigenvalue weighted by Crippen LogP contribution is 2.38. The number of benzene rings is 2. The number of carbonyl (C=O) groups is 2. The second kappa shape index (κ2) is 6.81. The molecule has 150 valence electrons. The maximum atomic E-state index is 13.3. The van der Waals surface area contributed by atoms with Crippen LogP contribution in [-0.4, -0.2) is 19.0 Å². The lowest BCUT2D eigenvalue weighted by Gasteiger charge is -2.24. The van der Waals surface area contributed by atoms with Crippen molar-refractivity contribution in [1.82, 2.24) is 5.32 Å². The molecular formula is C20H16F3N3O3. The molecule has 1 fully saturated rings. The molecule has 1 N–H and O–H groups in total. The van der Waals surface area contributed by atoms with Crippen LogP contribution < -0.4 is 15.0 Å². The van der Waals surface area contributed by atoms with Crippen LogP contribution in [0.1, 0.15) is 29.2 Å². The molecule has 1 saturated heterocycles. The van der Waals surface area contributed by atoms with E-state index in [1.807, 2.05) is 0 Å². The Kier molecular flexibility index (Phi) is 4.74. The molecule has 0 aromatic heterocycles. The summed E-state index contributed by atoms with van der Waals surface area (Å²) in [6.07, 6.45) is -4.81. The summed E-state index contributed by atoms with van der Waals surface area (Å²) in [5.74, 6) is -0.168. The molecule has 1 unspecified atom stereocenters. The molecule has 2 aromatic carbocycles. The fraction of sp³-hybridized carbons (Fsp3) is 0.250. The first-order valence-electron chi connectivity index (χ1n) is 8.46. The summed E-state index contributed by atoms with van der Waals surface area (Å²) in [6, 6.07) is 8.24. The van der Waals surface area contributed by atoms with Crippen molar-refractivity contribution in [2.24, 2.45) is 0 Å². The minimum Gasteiger partial charge on any atom is -0.497 e. The van der Waals surface area contributed by atoms with E-state index in [0.29, 0.717) is 27.8 Å². The smallest absolute Gasteiger partial charge is 0.417 e. The van der Waals surface area contributed by atoms with Crippen molar-refractivity contribution in [3.63, 3.8) is 0 Å². The van der Waals surface area contributed by atoms with E-state index < -0.39 is 34.8 Å². The molecule has 0 spiro atoms. The summed E-state index contributed by atoms with van der Waals surface area (Å²) in [6.45, 7) is 3.21. The molecule has 0 saturated carbocycles. The first kappa shape index (κ1) is 20.2. The van der Waals surface area contributed by atoms with E-state index in [1.54, 1.807) is 25.1 Å². The molecule has 6 nitrogen and oxygen atoms in total. The first-order chi connectivity index (χ1) is 13.5.